The maximum absolute atomic E-state index is 10.5. The number of thiocarbonyl (C=S) groups is 1. The fourth-order valence-electron chi connectivity index (χ4n) is 3.29. The molecule has 1 unspecified atom stereocenters. The number of aliphatic hydroxyl groups is 2. The van der Waals surface area contributed by atoms with Crippen molar-refractivity contribution in [3.8, 4) is 0 Å². The molecule has 4 rings (SSSR count). The van der Waals surface area contributed by atoms with Gasteiger partial charge in [-0.2, -0.15) is 0 Å². The predicted octanol–water partition coefficient (Wildman–Crippen LogP) is 0.419. The lowest BCUT2D eigenvalue weighted by Gasteiger charge is -2.16. The number of aliphatic hydroxyl groups excluding tert-OH is 2. The van der Waals surface area contributed by atoms with Crippen molar-refractivity contribution in [2.75, 3.05) is 18.5 Å². The third-order valence-electron chi connectivity index (χ3n) is 4.76. The molecule has 2 aromatic heterocycles. The summed E-state index contributed by atoms with van der Waals surface area (Å²) in [5.41, 5.74) is 0.993. The maximum atomic E-state index is 10.5. The minimum atomic E-state index is -1.29. The van der Waals surface area contributed by atoms with Crippen LogP contribution in [0.5, 0.6) is 0 Å². The Morgan fingerprint density at radius 1 is 1.37 bits per heavy atom. The quantitative estimate of drug-likeness (QED) is 0.383. The lowest BCUT2D eigenvalue weighted by atomic mass is 10.2. The van der Waals surface area contributed by atoms with E-state index in [1.807, 2.05) is 13.8 Å². The van der Waals surface area contributed by atoms with E-state index in [1.54, 1.807) is 4.57 Å². The monoisotopic (exact) mass is 436 g/mol. The molecule has 4 N–H and O–H groups in total. The average Bonchev–Trinajstić information content (AvgIpc) is 3.42. The van der Waals surface area contributed by atoms with Gasteiger partial charge in [-0.15, -0.1) is 0 Å². The number of hydrogen-bond donors (Lipinski definition) is 4. The number of imidazole rings is 1. The molecule has 0 radical (unpaired) electrons. The molecule has 11 nitrogen and oxygen atoms in total. The molecule has 12 heteroatoms. The molecule has 0 aromatic carbocycles. The van der Waals surface area contributed by atoms with E-state index in [9.17, 15) is 10.2 Å². The van der Waals surface area contributed by atoms with E-state index < -0.39 is 18.4 Å². The lowest BCUT2D eigenvalue weighted by molar-refractivity contribution is -0.0120. The topological polar surface area (TPSA) is 136 Å². The highest BCUT2D eigenvalue weighted by Crippen LogP contribution is 2.34. The number of nitrogens with one attached hydrogen (secondary N) is 2. The molecule has 2 fully saturated rings. The molecule has 4 atom stereocenters. The number of anilines is 1. The summed E-state index contributed by atoms with van der Waals surface area (Å²) < 4.78 is 18.0. The first kappa shape index (κ1) is 20.7. The number of nitrogens with zero attached hydrogens (tertiary/aromatic N) is 4. The zero-order valence-corrected chi connectivity index (χ0v) is 17.4. The number of ether oxygens (including phenoxy) is 3. The largest absolute Gasteiger partial charge is 0.465 e. The van der Waals surface area contributed by atoms with Crippen molar-refractivity contribution < 1.29 is 24.4 Å². The van der Waals surface area contributed by atoms with Crippen LogP contribution in [-0.4, -0.2) is 72.4 Å². The SMILES string of the molecule is CC(C)NC(=S)O/C=C1/OC(n2cnc3c(N[C@@H]4CCOC4)ncnc32)[C@H](O)[C@@H]1O. The summed E-state index contributed by atoms with van der Waals surface area (Å²) in [4.78, 5) is 12.9. The Labute approximate surface area is 178 Å². The van der Waals surface area contributed by atoms with Crippen molar-refractivity contribution in [1.82, 2.24) is 24.8 Å². The van der Waals surface area contributed by atoms with Gasteiger partial charge in [-0.25, -0.2) is 15.0 Å². The maximum Gasteiger partial charge on any atom is 0.261 e. The molecule has 0 saturated carbocycles. The summed E-state index contributed by atoms with van der Waals surface area (Å²) in [7, 11) is 0. The summed E-state index contributed by atoms with van der Waals surface area (Å²) in [6, 6.07) is 0.248. The van der Waals surface area contributed by atoms with E-state index in [0.29, 0.717) is 30.2 Å². The summed E-state index contributed by atoms with van der Waals surface area (Å²) in [6.45, 7) is 5.13. The van der Waals surface area contributed by atoms with Gasteiger partial charge in [-0.3, -0.25) is 4.57 Å². The predicted molar refractivity (Wildman–Crippen MR) is 110 cm³/mol. The smallest absolute Gasteiger partial charge is 0.261 e. The minimum absolute atomic E-state index is 0.0535. The van der Waals surface area contributed by atoms with Crippen LogP contribution in [0.15, 0.2) is 24.7 Å². The van der Waals surface area contributed by atoms with Gasteiger partial charge in [0.25, 0.3) is 5.17 Å². The molecule has 0 amide bonds. The third kappa shape index (κ3) is 4.17. The number of aromatic nitrogens is 4. The Morgan fingerprint density at radius 2 is 2.20 bits per heavy atom. The molecule has 0 bridgehead atoms. The first-order valence-corrected chi connectivity index (χ1v) is 10.1. The molecular weight excluding hydrogens is 412 g/mol. The Bertz CT molecular complexity index is 944. The van der Waals surface area contributed by atoms with Gasteiger partial charge in [-0.05, 0) is 32.5 Å². The van der Waals surface area contributed by atoms with Gasteiger partial charge in [-0.1, -0.05) is 0 Å². The standard InChI is InChI=1S/C18H24N6O5S/c1-9(2)22-18(30)28-6-11-13(25)14(26)17(29-11)24-8-21-12-15(19-7-20-16(12)24)23-10-3-4-27-5-10/h6-10,13-14,17,25-26H,3-5H2,1-2H3,(H,22,30)(H,19,20,23)/b11-6+/t10-,13-,14-,17?/m1/s1. The average molecular weight is 436 g/mol. The van der Waals surface area contributed by atoms with E-state index in [1.165, 1.54) is 18.9 Å². The van der Waals surface area contributed by atoms with Crippen LogP contribution in [0, 0.1) is 0 Å². The zero-order chi connectivity index (χ0) is 21.3. The third-order valence-corrected chi connectivity index (χ3v) is 4.97. The van der Waals surface area contributed by atoms with E-state index >= 15 is 0 Å². The molecule has 162 valence electrons. The summed E-state index contributed by atoms with van der Waals surface area (Å²) >= 11 is 5.05. The van der Waals surface area contributed by atoms with Crippen molar-refractivity contribution >= 4 is 34.4 Å². The normalized spacial score (nSPS) is 27.6. The van der Waals surface area contributed by atoms with E-state index in [0.717, 1.165) is 6.42 Å². The van der Waals surface area contributed by atoms with E-state index in [2.05, 4.69) is 25.6 Å². The van der Waals surface area contributed by atoms with Crippen LogP contribution in [0.25, 0.3) is 11.2 Å². The highest BCUT2D eigenvalue weighted by atomic mass is 32.1. The van der Waals surface area contributed by atoms with Crippen LogP contribution >= 0.6 is 12.2 Å². The van der Waals surface area contributed by atoms with Gasteiger partial charge in [0.15, 0.2) is 22.7 Å². The second-order valence-corrected chi connectivity index (χ2v) is 7.79. The van der Waals surface area contributed by atoms with Gasteiger partial charge in [0.05, 0.1) is 12.6 Å². The highest BCUT2D eigenvalue weighted by Gasteiger charge is 2.42. The van der Waals surface area contributed by atoms with Crippen molar-refractivity contribution in [3.63, 3.8) is 0 Å². The summed E-state index contributed by atoms with van der Waals surface area (Å²) in [5, 5.41) is 27.2. The lowest BCUT2D eigenvalue weighted by Crippen LogP contribution is -2.30. The summed E-state index contributed by atoms with van der Waals surface area (Å²) in [5.74, 6) is 0.629. The van der Waals surface area contributed by atoms with Crippen LogP contribution in [0.2, 0.25) is 0 Å². The van der Waals surface area contributed by atoms with Gasteiger partial charge in [0, 0.05) is 12.6 Å². The van der Waals surface area contributed by atoms with Crippen molar-refractivity contribution in [1.29, 1.82) is 0 Å². The molecular formula is C18H24N6O5S. The molecule has 2 aliphatic heterocycles. The van der Waals surface area contributed by atoms with E-state index in [-0.39, 0.29) is 23.0 Å². The van der Waals surface area contributed by atoms with Gasteiger partial charge in [0.1, 0.15) is 31.1 Å². The summed E-state index contributed by atoms with van der Waals surface area (Å²) in [6.07, 6.45) is 1.49. The van der Waals surface area contributed by atoms with Crippen LogP contribution in [-0.2, 0) is 14.2 Å². The van der Waals surface area contributed by atoms with Crippen molar-refractivity contribution in [3.05, 3.63) is 24.7 Å². The molecule has 30 heavy (non-hydrogen) atoms. The molecule has 2 aromatic rings. The molecule has 0 spiro atoms. The minimum Gasteiger partial charge on any atom is -0.465 e. The fraction of sp³-hybridized carbons (Fsp3) is 0.556. The fourth-order valence-corrected chi connectivity index (χ4v) is 3.57. The van der Waals surface area contributed by atoms with Gasteiger partial charge in [0.2, 0.25) is 6.23 Å². The molecule has 0 aliphatic carbocycles. The van der Waals surface area contributed by atoms with E-state index in [4.69, 9.17) is 26.4 Å². The van der Waals surface area contributed by atoms with Gasteiger partial charge >= 0.3 is 0 Å². The Balaban J connectivity index is 1.54. The van der Waals surface area contributed by atoms with Crippen LogP contribution < -0.4 is 10.6 Å². The van der Waals surface area contributed by atoms with Gasteiger partial charge < -0.3 is 35.1 Å². The Morgan fingerprint density at radius 3 is 2.93 bits per heavy atom. The number of hydrogen-bond acceptors (Lipinski definition) is 10. The first-order valence-electron chi connectivity index (χ1n) is 9.66. The van der Waals surface area contributed by atoms with Crippen LogP contribution in [0.3, 0.4) is 0 Å². The number of fused-ring (bicyclic) bond motifs is 1. The van der Waals surface area contributed by atoms with Crippen molar-refractivity contribution in [2.24, 2.45) is 0 Å². The number of rotatable bonds is 5. The Hall–Kier alpha value is -2.54. The second kappa shape index (κ2) is 8.68. The highest BCUT2D eigenvalue weighted by molar-refractivity contribution is 7.80. The molecule has 2 aliphatic rings. The Kier molecular flexibility index (Phi) is 5.99. The van der Waals surface area contributed by atoms with Crippen LogP contribution in [0.1, 0.15) is 26.5 Å². The van der Waals surface area contributed by atoms with Crippen molar-refractivity contribution in [2.45, 2.75) is 50.8 Å². The molecule has 2 saturated heterocycles. The molecule has 4 heterocycles. The van der Waals surface area contributed by atoms with Crippen LogP contribution in [0.4, 0.5) is 5.82 Å². The first-order chi connectivity index (χ1) is 14.4. The zero-order valence-electron chi connectivity index (χ0n) is 16.6. The second-order valence-electron chi connectivity index (χ2n) is 7.42.